The van der Waals surface area contributed by atoms with Crippen LogP contribution >= 0.6 is 0 Å². The Balaban J connectivity index is 2.22. The van der Waals surface area contributed by atoms with Gasteiger partial charge in [-0.25, -0.2) is 9.97 Å². The third kappa shape index (κ3) is 4.51. The molecule has 0 fully saturated rings. The summed E-state index contributed by atoms with van der Waals surface area (Å²) in [6.07, 6.45) is 2.97. The molecular formula is C17H27N5O. The Morgan fingerprint density at radius 1 is 1.26 bits per heavy atom. The summed E-state index contributed by atoms with van der Waals surface area (Å²) in [7, 11) is 3.62. The first-order valence-corrected chi connectivity index (χ1v) is 7.96. The number of nitrogens with zero attached hydrogens (tertiary/aromatic N) is 4. The lowest BCUT2D eigenvalue weighted by Gasteiger charge is -2.19. The van der Waals surface area contributed by atoms with E-state index in [0.717, 1.165) is 29.5 Å². The molecular weight excluding hydrogens is 290 g/mol. The van der Waals surface area contributed by atoms with Gasteiger partial charge < -0.3 is 10.1 Å². The molecule has 0 saturated heterocycles. The molecule has 0 amide bonds. The molecule has 0 unspecified atom stereocenters. The van der Waals surface area contributed by atoms with Gasteiger partial charge in [0.05, 0.1) is 18.0 Å². The fraction of sp³-hybridized carbons (Fsp3) is 0.588. The van der Waals surface area contributed by atoms with Gasteiger partial charge in [-0.05, 0) is 6.42 Å². The average molecular weight is 317 g/mol. The Morgan fingerprint density at radius 2 is 2.00 bits per heavy atom. The highest BCUT2D eigenvalue weighted by molar-refractivity contribution is 5.38. The number of hydrogen-bond donors (Lipinski definition) is 1. The summed E-state index contributed by atoms with van der Waals surface area (Å²) in [5, 5.41) is 7.87. The van der Waals surface area contributed by atoms with Crippen molar-refractivity contribution in [3.05, 3.63) is 35.0 Å². The van der Waals surface area contributed by atoms with Crippen molar-refractivity contribution in [1.29, 1.82) is 0 Å². The molecule has 2 heterocycles. The summed E-state index contributed by atoms with van der Waals surface area (Å²) in [5.74, 6) is 1.64. The molecule has 0 spiro atoms. The lowest BCUT2D eigenvalue weighted by Crippen LogP contribution is -2.18. The van der Waals surface area contributed by atoms with Crippen LogP contribution in [0.4, 0.5) is 5.82 Å². The van der Waals surface area contributed by atoms with E-state index in [1.54, 1.807) is 7.11 Å². The fourth-order valence-corrected chi connectivity index (χ4v) is 2.36. The van der Waals surface area contributed by atoms with Gasteiger partial charge in [0.1, 0.15) is 11.6 Å². The minimum Gasteiger partial charge on any atom is -0.378 e. The number of rotatable bonds is 6. The molecule has 126 valence electrons. The highest BCUT2D eigenvalue weighted by atomic mass is 16.5. The number of hydrogen-bond acceptors (Lipinski definition) is 5. The number of methoxy groups -OCH3 is 1. The zero-order valence-electron chi connectivity index (χ0n) is 15.0. The van der Waals surface area contributed by atoms with Gasteiger partial charge in [-0.2, -0.15) is 5.10 Å². The summed E-state index contributed by atoms with van der Waals surface area (Å²) < 4.78 is 7.08. The van der Waals surface area contributed by atoms with Gasteiger partial charge in [0.2, 0.25) is 0 Å². The van der Waals surface area contributed by atoms with Crippen molar-refractivity contribution in [3.63, 3.8) is 0 Å². The molecule has 6 nitrogen and oxygen atoms in total. The molecule has 0 aromatic carbocycles. The van der Waals surface area contributed by atoms with E-state index in [-0.39, 0.29) is 5.41 Å². The van der Waals surface area contributed by atoms with Crippen molar-refractivity contribution in [2.24, 2.45) is 7.05 Å². The van der Waals surface area contributed by atoms with Crippen LogP contribution in [0.5, 0.6) is 0 Å². The van der Waals surface area contributed by atoms with Crippen molar-refractivity contribution in [1.82, 2.24) is 19.7 Å². The van der Waals surface area contributed by atoms with Gasteiger partial charge in [0.25, 0.3) is 0 Å². The monoisotopic (exact) mass is 317 g/mol. The molecule has 6 heteroatoms. The summed E-state index contributed by atoms with van der Waals surface area (Å²) in [4.78, 5) is 9.25. The molecule has 0 aliphatic rings. The first-order valence-electron chi connectivity index (χ1n) is 7.96. The molecule has 0 atom stereocenters. The van der Waals surface area contributed by atoms with Gasteiger partial charge >= 0.3 is 0 Å². The van der Waals surface area contributed by atoms with Crippen molar-refractivity contribution in [2.45, 2.75) is 52.7 Å². The van der Waals surface area contributed by atoms with Crippen molar-refractivity contribution in [2.75, 3.05) is 12.4 Å². The van der Waals surface area contributed by atoms with E-state index < -0.39 is 0 Å². The summed E-state index contributed by atoms with van der Waals surface area (Å²) in [6, 6.07) is 1.95. The maximum Gasteiger partial charge on any atom is 0.136 e. The van der Waals surface area contributed by atoms with Gasteiger partial charge in [-0.15, -0.1) is 0 Å². The van der Waals surface area contributed by atoms with E-state index in [1.165, 1.54) is 5.56 Å². The van der Waals surface area contributed by atoms with E-state index in [1.807, 2.05) is 24.0 Å². The summed E-state index contributed by atoms with van der Waals surface area (Å²) in [5.41, 5.74) is 3.08. The van der Waals surface area contributed by atoms with Crippen LogP contribution in [0.15, 0.2) is 12.3 Å². The Morgan fingerprint density at radius 3 is 2.61 bits per heavy atom. The minimum absolute atomic E-state index is 0.108. The van der Waals surface area contributed by atoms with Crippen LogP contribution in [0.2, 0.25) is 0 Å². The predicted molar refractivity (Wildman–Crippen MR) is 91.4 cm³/mol. The number of aryl methyl sites for hydroxylation is 2. The molecule has 2 aromatic rings. The molecule has 2 rings (SSSR count). The average Bonchev–Trinajstić information content (AvgIpc) is 2.84. The van der Waals surface area contributed by atoms with Crippen LogP contribution in [-0.4, -0.2) is 26.9 Å². The van der Waals surface area contributed by atoms with Crippen molar-refractivity contribution < 1.29 is 4.74 Å². The van der Waals surface area contributed by atoms with Gasteiger partial charge in [0.15, 0.2) is 0 Å². The number of ether oxygens (including phenoxy) is 1. The third-order valence-corrected chi connectivity index (χ3v) is 3.53. The highest BCUT2D eigenvalue weighted by Crippen LogP contribution is 2.21. The smallest absolute Gasteiger partial charge is 0.136 e. The van der Waals surface area contributed by atoms with E-state index >= 15 is 0 Å². The predicted octanol–water partition coefficient (Wildman–Crippen LogP) is 2.83. The maximum absolute atomic E-state index is 5.22. The van der Waals surface area contributed by atoms with E-state index in [2.05, 4.69) is 48.1 Å². The number of anilines is 1. The van der Waals surface area contributed by atoms with Crippen LogP contribution in [0.25, 0.3) is 0 Å². The molecule has 0 bridgehead atoms. The van der Waals surface area contributed by atoms with Crippen LogP contribution < -0.4 is 5.32 Å². The lowest BCUT2D eigenvalue weighted by molar-refractivity contribution is 0.181. The topological polar surface area (TPSA) is 64.9 Å². The van der Waals surface area contributed by atoms with Gasteiger partial charge in [0, 0.05) is 43.9 Å². The first-order chi connectivity index (χ1) is 10.8. The standard InChI is InChI=1S/C17H27N5O/c1-7-14-12(10-22(5)21-14)9-18-15-8-13(11-23-6)19-16(20-15)17(2,3)4/h8,10H,7,9,11H2,1-6H3,(H,18,19,20). The van der Waals surface area contributed by atoms with Crippen molar-refractivity contribution in [3.8, 4) is 0 Å². The summed E-state index contributed by atoms with van der Waals surface area (Å²) >= 11 is 0. The largest absolute Gasteiger partial charge is 0.378 e. The van der Waals surface area contributed by atoms with Crippen LogP contribution in [0, 0.1) is 0 Å². The molecule has 23 heavy (non-hydrogen) atoms. The van der Waals surface area contributed by atoms with Crippen molar-refractivity contribution >= 4 is 5.82 Å². The maximum atomic E-state index is 5.22. The Hall–Kier alpha value is -1.95. The highest BCUT2D eigenvalue weighted by Gasteiger charge is 2.19. The normalized spacial score (nSPS) is 11.7. The quantitative estimate of drug-likeness (QED) is 0.887. The second-order valence-corrected chi connectivity index (χ2v) is 6.73. The SMILES string of the molecule is CCc1nn(C)cc1CNc1cc(COC)nc(C(C)(C)C)n1. The summed E-state index contributed by atoms with van der Waals surface area (Å²) in [6.45, 7) is 9.62. The second-order valence-electron chi connectivity index (χ2n) is 6.73. The molecule has 0 aliphatic heterocycles. The lowest BCUT2D eigenvalue weighted by atomic mass is 9.95. The van der Waals surface area contributed by atoms with Crippen LogP contribution in [0.3, 0.4) is 0 Å². The molecule has 0 radical (unpaired) electrons. The Labute approximate surface area is 138 Å². The Kier molecular flexibility index (Phi) is 5.36. The first kappa shape index (κ1) is 17.4. The third-order valence-electron chi connectivity index (χ3n) is 3.53. The molecule has 0 saturated carbocycles. The van der Waals surface area contributed by atoms with Crippen LogP contribution in [-0.2, 0) is 36.8 Å². The van der Waals surface area contributed by atoms with Crippen LogP contribution in [0.1, 0.15) is 50.5 Å². The van der Waals surface area contributed by atoms with E-state index in [0.29, 0.717) is 13.2 Å². The molecule has 2 aromatic heterocycles. The molecule has 1 N–H and O–H groups in total. The van der Waals surface area contributed by atoms with Gasteiger partial charge in [-0.1, -0.05) is 27.7 Å². The van der Waals surface area contributed by atoms with E-state index in [9.17, 15) is 0 Å². The minimum atomic E-state index is -0.108. The van der Waals surface area contributed by atoms with Gasteiger partial charge in [-0.3, -0.25) is 4.68 Å². The molecule has 0 aliphatic carbocycles. The zero-order valence-corrected chi connectivity index (χ0v) is 15.0. The number of nitrogens with one attached hydrogen (secondary N) is 1. The number of aromatic nitrogens is 4. The second kappa shape index (κ2) is 7.08. The zero-order chi connectivity index (χ0) is 17.0. The van der Waals surface area contributed by atoms with E-state index in [4.69, 9.17) is 4.74 Å². The Bertz CT molecular complexity index is 657. The fourth-order valence-electron chi connectivity index (χ4n) is 2.36.